The Morgan fingerprint density at radius 2 is 2.16 bits per heavy atom. The maximum absolute atomic E-state index is 10.0. The van der Waals surface area contributed by atoms with Gasteiger partial charge in [0.1, 0.15) is 0 Å². The van der Waals surface area contributed by atoms with Crippen molar-refractivity contribution in [1.82, 2.24) is 10.3 Å². The molecular formula is C12H12N4O2S. The molecule has 0 spiro atoms. The molecule has 0 bridgehead atoms. The summed E-state index contributed by atoms with van der Waals surface area (Å²) in [6, 6.07) is 5.42. The topological polar surface area (TPSA) is 97.2 Å². The van der Waals surface area contributed by atoms with Crippen LogP contribution in [0.3, 0.4) is 0 Å². The van der Waals surface area contributed by atoms with Gasteiger partial charge in [-0.2, -0.15) is 11.3 Å². The lowest BCUT2D eigenvalue weighted by Gasteiger charge is -2.11. The van der Waals surface area contributed by atoms with Crippen molar-refractivity contribution in [2.45, 2.75) is 6.10 Å². The maximum atomic E-state index is 10.0. The van der Waals surface area contributed by atoms with Gasteiger partial charge in [0.05, 0.1) is 17.5 Å². The quantitative estimate of drug-likeness (QED) is 0.631. The van der Waals surface area contributed by atoms with E-state index < -0.39 is 6.10 Å². The SMILES string of the molecule is Nc1ccc(NCC(O)c2ccsc2)c2nonc12. The van der Waals surface area contributed by atoms with Gasteiger partial charge in [-0.25, -0.2) is 4.63 Å². The number of fused-ring (bicyclic) bond motifs is 1. The van der Waals surface area contributed by atoms with Gasteiger partial charge < -0.3 is 16.2 Å². The number of aliphatic hydroxyl groups is 1. The highest BCUT2D eigenvalue weighted by Crippen LogP contribution is 2.26. The molecule has 0 saturated heterocycles. The molecule has 0 saturated carbocycles. The summed E-state index contributed by atoms with van der Waals surface area (Å²) < 4.78 is 4.68. The maximum Gasteiger partial charge on any atom is 0.160 e. The third-order valence-electron chi connectivity index (χ3n) is 2.86. The second-order valence-corrected chi connectivity index (χ2v) is 4.90. The second-order valence-electron chi connectivity index (χ2n) is 4.12. The molecule has 0 aliphatic rings. The van der Waals surface area contributed by atoms with Crippen molar-refractivity contribution >= 4 is 33.7 Å². The van der Waals surface area contributed by atoms with E-state index in [0.29, 0.717) is 23.3 Å². The summed E-state index contributed by atoms with van der Waals surface area (Å²) in [5.74, 6) is 0. The van der Waals surface area contributed by atoms with Gasteiger partial charge >= 0.3 is 0 Å². The molecule has 1 unspecified atom stereocenters. The molecule has 0 radical (unpaired) electrons. The van der Waals surface area contributed by atoms with Gasteiger partial charge in [-0.15, -0.1) is 0 Å². The molecule has 1 atom stereocenters. The fraction of sp³-hybridized carbons (Fsp3) is 0.167. The lowest BCUT2D eigenvalue weighted by atomic mass is 10.2. The third-order valence-corrected chi connectivity index (χ3v) is 3.56. The number of hydrogen-bond acceptors (Lipinski definition) is 7. The smallest absolute Gasteiger partial charge is 0.160 e. The number of aromatic nitrogens is 2. The first-order chi connectivity index (χ1) is 9.25. The van der Waals surface area contributed by atoms with E-state index in [9.17, 15) is 5.11 Å². The van der Waals surface area contributed by atoms with E-state index >= 15 is 0 Å². The van der Waals surface area contributed by atoms with Crippen LogP contribution in [0.25, 0.3) is 11.0 Å². The van der Waals surface area contributed by atoms with Crippen LogP contribution in [0.4, 0.5) is 11.4 Å². The van der Waals surface area contributed by atoms with Crippen LogP contribution in [-0.4, -0.2) is 22.0 Å². The highest BCUT2D eigenvalue weighted by Gasteiger charge is 2.12. The van der Waals surface area contributed by atoms with Crippen LogP contribution in [0.15, 0.2) is 33.6 Å². The molecule has 4 N–H and O–H groups in total. The first-order valence-corrected chi connectivity index (χ1v) is 6.65. The Hall–Kier alpha value is -2.12. The zero-order chi connectivity index (χ0) is 13.2. The Balaban J connectivity index is 1.79. The minimum Gasteiger partial charge on any atom is -0.397 e. The fourth-order valence-electron chi connectivity index (χ4n) is 1.82. The van der Waals surface area contributed by atoms with Gasteiger partial charge in [0.25, 0.3) is 0 Å². The summed E-state index contributed by atoms with van der Waals surface area (Å²) in [7, 11) is 0. The lowest BCUT2D eigenvalue weighted by Crippen LogP contribution is -2.11. The number of aliphatic hydroxyl groups excluding tert-OH is 1. The first kappa shape index (κ1) is 11.9. The molecule has 1 aromatic carbocycles. The molecule has 19 heavy (non-hydrogen) atoms. The molecule has 3 aromatic rings. The highest BCUT2D eigenvalue weighted by molar-refractivity contribution is 7.07. The van der Waals surface area contributed by atoms with Gasteiger partial charge in [-0.05, 0) is 44.8 Å². The van der Waals surface area contributed by atoms with Crippen molar-refractivity contribution in [3.63, 3.8) is 0 Å². The molecule has 2 aromatic heterocycles. The van der Waals surface area contributed by atoms with Gasteiger partial charge in [0, 0.05) is 6.54 Å². The predicted molar refractivity (Wildman–Crippen MR) is 74.0 cm³/mol. The van der Waals surface area contributed by atoms with Crippen LogP contribution in [0.5, 0.6) is 0 Å². The molecule has 0 fully saturated rings. The largest absolute Gasteiger partial charge is 0.397 e. The molecule has 3 rings (SSSR count). The number of rotatable bonds is 4. The van der Waals surface area contributed by atoms with Crippen LogP contribution in [0.1, 0.15) is 11.7 Å². The van der Waals surface area contributed by atoms with E-state index in [2.05, 4.69) is 20.3 Å². The van der Waals surface area contributed by atoms with E-state index in [0.717, 1.165) is 11.3 Å². The zero-order valence-corrected chi connectivity index (χ0v) is 10.7. The average Bonchev–Trinajstić information content (AvgIpc) is 3.09. The van der Waals surface area contributed by atoms with Crippen molar-refractivity contribution in [3.8, 4) is 0 Å². The number of nitrogens with two attached hydrogens (primary N) is 1. The van der Waals surface area contributed by atoms with Gasteiger partial charge in [-0.3, -0.25) is 0 Å². The minimum absolute atomic E-state index is 0.378. The number of anilines is 2. The minimum atomic E-state index is -0.571. The number of thiophene rings is 1. The Morgan fingerprint density at radius 1 is 1.32 bits per heavy atom. The zero-order valence-electron chi connectivity index (χ0n) is 9.91. The fourth-order valence-corrected chi connectivity index (χ4v) is 2.52. The van der Waals surface area contributed by atoms with Crippen LogP contribution in [-0.2, 0) is 0 Å². The molecule has 6 nitrogen and oxygen atoms in total. The van der Waals surface area contributed by atoms with Gasteiger partial charge in [0.2, 0.25) is 0 Å². The van der Waals surface area contributed by atoms with Gasteiger partial charge in [-0.1, -0.05) is 0 Å². The van der Waals surface area contributed by atoms with Crippen molar-refractivity contribution in [3.05, 3.63) is 34.5 Å². The monoisotopic (exact) mass is 276 g/mol. The third kappa shape index (κ3) is 2.25. The summed E-state index contributed by atoms with van der Waals surface area (Å²) in [5.41, 5.74) is 9.00. The summed E-state index contributed by atoms with van der Waals surface area (Å²) in [6.45, 7) is 0.378. The number of nitrogen functional groups attached to an aromatic ring is 1. The molecule has 0 aliphatic carbocycles. The van der Waals surface area contributed by atoms with E-state index in [1.807, 2.05) is 16.8 Å². The summed E-state index contributed by atoms with van der Waals surface area (Å²) in [4.78, 5) is 0. The Bertz CT molecular complexity index is 680. The summed E-state index contributed by atoms with van der Waals surface area (Å²) >= 11 is 1.55. The predicted octanol–water partition coefficient (Wildman–Crippen LogP) is 2.01. The van der Waals surface area contributed by atoms with Gasteiger partial charge in [0.15, 0.2) is 11.0 Å². The molecule has 0 amide bonds. The Kier molecular flexibility index (Phi) is 3.06. The van der Waals surface area contributed by atoms with E-state index in [-0.39, 0.29) is 0 Å². The summed E-state index contributed by atoms with van der Waals surface area (Å²) in [5, 5.41) is 24.5. The van der Waals surface area contributed by atoms with Crippen molar-refractivity contribution in [1.29, 1.82) is 0 Å². The normalized spacial score (nSPS) is 12.7. The molecule has 2 heterocycles. The van der Waals surface area contributed by atoms with Crippen LogP contribution >= 0.6 is 11.3 Å². The molecule has 0 aliphatic heterocycles. The number of benzene rings is 1. The molecular weight excluding hydrogens is 264 g/mol. The Labute approximate surface area is 112 Å². The average molecular weight is 276 g/mol. The number of nitrogens with one attached hydrogen (secondary N) is 1. The lowest BCUT2D eigenvalue weighted by molar-refractivity contribution is 0.192. The van der Waals surface area contributed by atoms with Crippen LogP contribution in [0, 0.1) is 0 Å². The van der Waals surface area contributed by atoms with E-state index in [4.69, 9.17) is 5.73 Å². The number of hydrogen-bond donors (Lipinski definition) is 3. The standard InChI is InChI=1S/C12H12N4O2S/c13-8-1-2-9(12-11(8)15-18-16-12)14-5-10(17)7-3-4-19-6-7/h1-4,6,10,14,17H,5,13H2. The highest BCUT2D eigenvalue weighted by atomic mass is 32.1. The number of nitrogens with zero attached hydrogens (tertiary/aromatic N) is 2. The van der Waals surface area contributed by atoms with E-state index in [1.54, 1.807) is 23.5 Å². The first-order valence-electron chi connectivity index (χ1n) is 5.70. The summed E-state index contributed by atoms with van der Waals surface area (Å²) in [6.07, 6.45) is -0.571. The molecule has 7 heteroatoms. The Morgan fingerprint density at radius 3 is 2.95 bits per heavy atom. The van der Waals surface area contributed by atoms with Crippen molar-refractivity contribution in [2.75, 3.05) is 17.6 Å². The molecule has 98 valence electrons. The van der Waals surface area contributed by atoms with Crippen molar-refractivity contribution in [2.24, 2.45) is 0 Å². The van der Waals surface area contributed by atoms with Crippen LogP contribution < -0.4 is 11.1 Å². The van der Waals surface area contributed by atoms with Crippen LogP contribution in [0.2, 0.25) is 0 Å². The second kappa shape index (κ2) is 4.87. The van der Waals surface area contributed by atoms with E-state index in [1.165, 1.54) is 0 Å². The van der Waals surface area contributed by atoms with Crippen molar-refractivity contribution < 1.29 is 9.74 Å².